The SMILES string of the molecule is CC(NCCc1cc(F)cc(F)c1)c1ccncc1. The van der Waals surface area contributed by atoms with Gasteiger partial charge in [-0.05, 0) is 55.3 Å². The maximum atomic E-state index is 13.0. The van der Waals surface area contributed by atoms with Crippen molar-refractivity contribution in [3.63, 3.8) is 0 Å². The maximum Gasteiger partial charge on any atom is 0.126 e. The molecule has 1 unspecified atom stereocenters. The zero-order valence-electron chi connectivity index (χ0n) is 10.7. The molecule has 0 bridgehead atoms. The Labute approximate surface area is 111 Å². The van der Waals surface area contributed by atoms with Gasteiger partial charge in [-0.15, -0.1) is 0 Å². The summed E-state index contributed by atoms with van der Waals surface area (Å²) in [6, 6.07) is 7.68. The van der Waals surface area contributed by atoms with Crippen molar-refractivity contribution in [2.45, 2.75) is 19.4 Å². The van der Waals surface area contributed by atoms with Crippen LogP contribution in [0.1, 0.15) is 24.1 Å². The van der Waals surface area contributed by atoms with Crippen LogP contribution in [0.25, 0.3) is 0 Å². The predicted molar refractivity (Wildman–Crippen MR) is 70.7 cm³/mol. The number of hydrogen-bond acceptors (Lipinski definition) is 2. The van der Waals surface area contributed by atoms with Crippen molar-refractivity contribution in [2.75, 3.05) is 6.54 Å². The Bertz CT molecular complexity index is 509. The van der Waals surface area contributed by atoms with Gasteiger partial charge in [0.25, 0.3) is 0 Å². The monoisotopic (exact) mass is 262 g/mol. The third-order valence-corrected chi connectivity index (χ3v) is 2.99. The second kappa shape index (κ2) is 6.38. The highest BCUT2D eigenvalue weighted by molar-refractivity contribution is 5.18. The van der Waals surface area contributed by atoms with Gasteiger partial charge in [-0.1, -0.05) is 0 Å². The normalized spacial score (nSPS) is 12.4. The number of hydrogen-bond donors (Lipinski definition) is 1. The van der Waals surface area contributed by atoms with Crippen molar-refractivity contribution in [1.29, 1.82) is 0 Å². The highest BCUT2D eigenvalue weighted by Crippen LogP contribution is 2.11. The molecule has 2 nitrogen and oxygen atoms in total. The van der Waals surface area contributed by atoms with Crippen LogP contribution in [0, 0.1) is 11.6 Å². The summed E-state index contributed by atoms with van der Waals surface area (Å²) in [6.07, 6.45) is 4.08. The molecule has 2 rings (SSSR count). The van der Waals surface area contributed by atoms with E-state index in [2.05, 4.69) is 10.3 Å². The summed E-state index contributed by atoms with van der Waals surface area (Å²) < 4.78 is 26.0. The minimum atomic E-state index is -0.530. The largest absolute Gasteiger partial charge is 0.310 e. The van der Waals surface area contributed by atoms with E-state index >= 15 is 0 Å². The molecular weight excluding hydrogens is 246 g/mol. The van der Waals surface area contributed by atoms with Crippen LogP contribution in [0.2, 0.25) is 0 Å². The van der Waals surface area contributed by atoms with Gasteiger partial charge < -0.3 is 5.32 Å². The van der Waals surface area contributed by atoms with Gasteiger partial charge in [0.05, 0.1) is 0 Å². The van der Waals surface area contributed by atoms with E-state index in [1.54, 1.807) is 12.4 Å². The summed E-state index contributed by atoms with van der Waals surface area (Å²) in [5.41, 5.74) is 1.80. The third-order valence-electron chi connectivity index (χ3n) is 2.99. The Morgan fingerprint density at radius 2 is 1.74 bits per heavy atom. The molecule has 1 aromatic carbocycles. The standard InChI is InChI=1S/C15H16F2N2/c1-11(13-3-5-18-6-4-13)19-7-2-12-8-14(16)10-15(17)9-12/h3-6,8-11,19H,2,7H2,1H3. The molecule has 0 amide bonds. The fourth-order valence-corrected chi connectivity index (χ4v) is 1.96. The number of aromatic nitrogens is 1. The van der Waals surface area contributed by atoms with Crippen molar-refractivity contribution in [3.05, 3.63) is 65.5 Å². The van der Waals surface area contributed by atoms with Crippen LogP contribution >= 0.6 is 0 Å². The molecule has 100 valence electrons. The fraction of sp³-hybridized carbons (Fsp3) is 0.267. The molecule has 0 spiro atoms. The molecule has 2 aromatic rings. The summed E-state index contributed by atoms with van der Waals surface area (Å²) in [5.74, 6) is -1.06. The first-order chi connectivity index (χ1) is 9.15. The molecule has 1 N–H and O–H groups in total. The van der Waals surface area contributed by atoms with Gasteiger partial charge in [0.1, 0.15) is 11.6 Å². The molecule has 0 aliphatic heterocycles. The Hall–Kier alpha value is -1.81. The second-order valence-electron chi connectivity index (χ2n) is 4.48. The first-order valence-electron chi connectivity index (χ1n) is 6.23. The summed E-state index contributed by atoms with van der Waals surface area (Å²) >= 11 is 0. The third kappa shape index (κ3) is 4.10. The number of rotatable bonds is 5. The number of nitrogens with one attached hydrogen (secondary N) is 1. The fourth-order valence-electron chi connectivity index (χ4n) is 1.96. The number of benzene rings is 1. The van der Waals surface area contributed by atoms with Gasteiger partial charge in [0, 0.05) is 24.5 Å². The molecule has 0 aliphatic rings. The number of halogens is 2. The van der Waals surface area contributed by atoms with E-state index in [4.69, 9.17) is 0 Å². The van der Waals surface area contributed by atoms with Crippen molar-refractivity contribution >= 4 is 0 Å². The van der Waals surface area contributed by atoms with Gasteiger partial charge in [0.15, 0.2) is 0 Å². The first-order valence-corrected chi connectivity index (χ1v) is 6.23. The van der Waals surface area contributed by atoms with Crippen LogP contribution < -0.4 is 5.32 Å². The van der Waals surface area contributed by atoms with E-state index < -0.39 is 11.6 Å². The lowest BCUT2D eigenvalue weighted by Crippen LogP contribution is -2.21. The van der Waals surface area contributed by atoms with Crippen molar-refractivity contribution in [1.82, 2.24) is 10.3 Å². The lowest BCUT2D eigenvalue weighted by atomic mass is 10.1. The van der Waals surface area contributed by atoms with Crippen LogP contribution in [0.3, 0.4) is 0 Å². The molecule has 0 radical (unpaired) electrons. The van der Waals surface area contributed by atoms with Crippen molar-refractivity contribution in [3.8, 4) is 0 Å². The minimum absolute atomic E-state index is 0.182. The number of pyridine rings is 1. The zero-order valence-corrected chi connectivity index (χ0v) is 10.7. The van der Waals surface area contributed by atoms with Crippen molar-refractivity contribution < 1.29 is 8.78 Å². The van der Waals surface area contributed by atoms with E-state index in [1.165, 1.54) is 12.1 Å². The molecule has 1 heterocycles. The van der Waals surface area contributed by atoms with E-state index in [1.807, 2.05) is 19.1 Å². The predicted octanol–water partition coefficient (Wildman–Crippen LogP) is 3.25. The molecular formula is C15H16F2N2. The Balaban J connectivity index is 1.86. The molecule has 4 heteroatoms. The van der Waals surface area contributed by atoms with Crippen LogP contribution in [-0.2, 0) is 6.42 Å². The Morgan fingerprint density at radius 3 is 2.37 bits per heavy atom. The van der Waals surface area contributed by atoms with Gasteiger partial charge >= 0.3 is 0 Å². The average molecular weight is 262 g/mol. The maximum absolute atomic E-state index is 13.0. The van der Waals surface area contributed by atoms with Crippen LogP contribution in [0.5, 0.6) is 0 Å². The quantitative estimate of drug-likeness (QED) is 0.894. The van der Waals surface area contributed by atoms with Crippen LogP contribution in [0.15, 0.2) is 42.7 Å². The molecule has 0 saturated carbocycles. The second-order valence-corrected chi connectivity index (χ2v) is 4.48. The highest BCUT2D eigenvalue weighted by atomic mass is 19.1. The summed E-state index contributed by atoms with van der Waals surface area (Å²) in [4.78, 5) is 3.96. The van der Waals surface area contributed by atoms with Crippen LogP contribution in [-0.4, -0.2) is 11.5 Å². The molecule has 0 saturated heterocycles. The first kappa shape index (κ1) is 13.6. The van der Waals surface area contributed by atoms with Gasteiger partial charge in [-0.2, -0.15) is 0 Å². The summed E-state index contributed by atoms with van der Waals surface area (Å²) in [7, 11) is 0. The number of nitrogens with zero attached hydrogens (tertiary/aromatic N) is 1. The van der Waals surface area contributed by atoms with E-state index in [-0.39, 0.29) is 6.04 Å². The van der Waals surface area contributed by atoms with Crippen LogP contribution in [0.4, 0.5) is 8.78 Å². The summed E-state index contributed by atoms with van der Waals surface area (Å²) in [5, 5.41) is 3.31. The average Bonchev–Trinajstić information content (AvgIpc) is 2.38. The molecule has 0 aliphatic carbocycles. The molecule has 19 heavy (non-hydrogen) atoms. The lowest BCUT2D eigenvalue weighted by molar-refractivity contribution is 0.563. The molecule has 1 aromatic heterocycles. The zero-order chi connectivity index (χ0) is 13.7. The Kier molecular flexibility index (Phi) is 4.58. The van der Waals surface area contributed by atoms with E-state index in [9.17, 15) is 8.78 Å². The minimum Gasteiger partial charge on any atom is -0.310 e. The molecule has 0 fully saturated rings. The van der Waals surface area contributed by atoms with E-state index in [0.717, 1.165) is 11.6 Å². The smallest absolute Gasteiger partial charge is 0.126 e. The topological polar surface area (TPSA) is 24.9 Å². The summed E-state index contributed by atoms with van der Waals surface area (Å²) in [6.45, 7) is 2.70. The highest BCUT2D eigenvalue weighted by Gasteiger charge is 2.05. The van der Waals surface area contributed by atoms with Gasteiger partial charge in [-0.3, -0.25) is 4.98 Å². The van der Waals surface area contributed by atoms with E-state index in [0.29, 0.717) is 18.5 Å². The van der Waals surface area contributed by atoms with Gasteiger partial charge in [0.2, 0.25) is 0 Å². The lowest BCUT2D eigenvalue weighted by Gasteiger charge is -2.13. The Morgan fingerprint density at radius 1 is 1.11 bits per heavy atom. The van der Waals surface area contributed by atoms with Crippen molar-refractivity contribution in [2.24, 2.45) is 0 Å². The van der Waals surface area contributed by atoms with Gasteiger partial charge in [-0.25, -0.2) is 8.78 Å². The molecule has 1 atom stereocenters.